The molecule has 0 radical (unpaired) electrons. The van der Waals surface area contributed by atoms with Crippen molar-refractivity contribution in [1.82, 2.24) is 4.90 Å². The summed E-state index contributed by atoms with van der Waals surface area (Å²) in [4.78, 5) is 2.31. The van der Waals surface area contributed by atoms with Crippen molar-refractivity contribution in [3.05, 3.63) is 35.4 Å². The number of piperidine rings is 1. The van der Waals surface area contributed by atoms with Gasteiger partial charge in [-0.1, -0.05) is 6.92 Å². The molecule has 2 N–H and O–H groups in total. The van der Waals surface area contributed by atoms with E-state index in [2.05, 4.69) is 11.8 Å². The zero-order chi connectivity index (χ0) is 13.8. The first-order valence-electron chi connectivity index (χ1n) is 7.05. The van der Waals surface area contributed by atoms with Crippen LogP contribution in [0.25, 0.3) is 0 Å². The standard InChI is InChI=1S/C15H22F2N2/c1-2-5-19-6-3-4-11(10-18)15(19)12-7-13(16)9-14(17)8-12/h7-9,11,15H,2-6,10,18H2,1H3. The predicted molar refractivity (Wildman–Crippen MR) is 72.7 cm³/mol. The van der Waals surface area contributed by atoms with Gasteiger partial charge >= 0.3 is 0 Å². The first kappa shape index (κ1) is 14.4. The summed E-state index contributed by atoms with van der Waals surface area (Å²) in [7, 11) is 0. The molecule has 0 spiro atoms. The Balaban J connectivity index is 2.33. The molecule has 1 fully saturated rings. The molecule has 2 nitrogen and oxygen atoms in total. The molecule has 1 aliphatic rings. The van der Waals surface area contributed by atoms with Crippen LogP contribution in [0.15, 0.2) is 18.2 Å². The van der Waals surface area contributed by atoms with Crippen LogP contribution in [0, 0.1) is 17.6 Å². The van der Waals surface area contributed by atoms with Gasteiger partial charge in [0.1, 0.15) is 11.6 Å². The lowest BCUT2D eigenvalue weighted by Crippen LogP contribution is -2.42. The van der Waals surface area contributed by atoms with Gasteiger partial charge in [0.25, 0.3) is 0 Å². The lowest BCUT2D eigenvalue weighted by molar-refractivity contribution is 0.0956. The van der Waals surface area contributed by atoms with Gasteiger partial charge in [0.05, 0.1) is 0 Å². The Hall–Kier alpha value is -1.00. The van der Waals surface area contributed by atoms with Crippen molar-refractivity contribution in [1.29, 1.82) is 0 Å². The van der Waals surface area contributed by atoms with Crippen LogP contribution in [-0.2, 0) is 0 Å². The van der Waals surface area contributed by atoms with Gasteiger partial charge in [-0.25, -0.2) is 8.78 Å². The maximum Gasteiger partial charge on any atom is 0.126 e. The predicted octanol–water partition coefficient (Wildman–Crippen LogP) is 3.09. The van der Waals surface area contributed by atoms with Gasteiger partial charge in [0.2, 0.25) is 0 Å². The summed E-state index contributed by atoms with van der Waals surface area (Å²) in [5.41, 5.74) is 6.57. The topological polar surface area (TPSA) is 29.3 Å². The number of nitrogens with two attached hydrogens (primary N) is 1. The van der Waals surface area contributed by atoms with Gasteiger partial charge < -0.3 is 5.73 Å². The van der Waals surface area contributed by atoms with E-state index in [1.54, 1.807) is 0 Å². The van der Waals surface area contributed by atoms with Crippen LogP contribution in [0.3, 0.4) is 0 Å². The fourth-order valence-corrected chi connectivity index (χ4v) is 3.17. The summed E-state index contributed by atoms with van der Waals surface area (Å²) in [6, 6.07) is 3.87. The van der Waals surface area contributed by atoms with Crippen LogP contribution in [0.1, 0.15) is 37.8 Å². The third kappa shape index (κ3) is 3.31. The highest BCUT2D eigenvalue weighted by Crippen LogP contribution is 2.36. The van der Waals surface area contributed by atoms with Crippen molar-refractivity contribution in [3.63, 3.8) is 0 Å². The van der Waals surface area contributed by atoms with Crippen molar-refractivity contribution in [2.45, 2.75) is 32.2 Å². The molecule has 1 aromatic carbocycles. The summed E-state index contributed by atoms with van der Waals surface area (Å²) < 4.78 is 26.9. The monoisotopic (exact) mass is 268 g/mol. The van der Waals surface area contributed by atoms with E-state index >= 15 is 0 Å². The molecule has 1 aliphatic heterocycles. The number of halogens is 2. The van der Waals surface area contributed by atoms with Gasteiger partial charge in [0, 0.05) is 12.1 Å². The molecule has 1 saturated heterocycles. The minimum absolute atomic E-state index is 0.0453. The van der Waals surface area contributed by atoms with Gasteiger partial charge in [-0.05, 0) is 62.5 Å². The maximum absolute atomic E-state index is 13.4. The fourth-order valence-electron chi connectivity index (χ4n) is 3.17. The van der Waals surface area contributed by atoms with Crippen LogP contribution < -0.4 is 5.73 Å². The summed E-state index contributed by atoms with van der Waals surface area (Å²) in [6.45, 7) is 4.60. The molecule has 0 aliphatic carbocycles. The van der Waals surface area contributed by atoms with E-state index in [0.717, 1.165) is 44.0 Å². The Morgan fingerprint density at radius 2 is 1.95 bits per heavy atom. The Kier molecular flexibility index (Phi) is 4.88. The second-order valence-corrected chi connectivity index (χ2v) is 5.32. The lowest BCUT2D eigenvalue weighted by atomic mass is 9.84. The normalized spacial score (nSPS) is 24.6. The second-order valence-electron chi connectivity index (χ2n) is 5.32. The molecular formula is C15H22F2N2. The summed E-state index contributed by atoms with van der Waals surface area (Å²) >= 11 is 0. The third-order valence-electron chi connectivity index (χ3n) is 3.90. The Morgan fingerprint density at radius 3 is 2.53 bits per heavy atom. The highest BCUT2D eigenvalue weighted by atomic mass is 19.1. The van der Waals surface area contributed by atoms with Crippen LogP contribution in [0.5, 0.6) is 0 Å². The van der Waals surface area contributed by atoms with Gasteiger partial charge in [-0.3, -0.25) is 4.90 Å². The van der Waals surface area contributed by atoms with E-state index in [4.69, 9.17) is 5.73 Å². The average Bonchev–Trinajstić information content (AvgIpc) is 2.37. The second kappa shape index (κ2) is 6.44. The van der Waals surface area contributed by atoms with Crippen molar-refractivity contribution in [2.24, 2.45) is 11.7 Å². The largest absolute Gasteiger partial charge is 0.330 e. The summed E-state index contributed by atoms with van der Waals surface area (Å²) in [5.74, 6) is -0.734. The van der Waals surface area contributed by atoms with Gasteiger partial charge in [-0.15, -0.1) is 0 Å². The van der Waals surface area contributed by atoms with Crippen molar-refractivity contribution in [2.75, 3.05) is 19.6 Å². The molecule has 2 rings (SSSR count). The number of nitrogens with zero attached hydrogens (tertiary/aromatic N) is 1. The van der Waals surface area contributed by atoms with Crippen LogP contribution in [-0.4, -0.2) is 24.5 Å². The zero-order valence-electron chi connectivity index (χ0n) is 11.4. The van der Waals surface area contributed by atoms with E-state index in [-0.39, 0.29) is 12.0 Å². The maximum atomic E-state index is 13.4. The van der Waals surface area contributed by atoms with E-state index < -0.39 is 11.6 Å². The van der Waals surface area contributed by atoms with Crippen LogP contribution >= 0.6 is 0 Å². The van der Waals surface area contributed by atoms with Crippen LogP contribution in [0.4, 0.5) is 8.78 Å². The number of benzene rings is 1. The zero-order valence-corrected chi connectivity index (χ0v) is 11.4. The molecule has 106 valence electrons. The van der Waals surface area contributed by atoms with Gasteiger partial charge in [-0.2, -0.15) is 0 Å². The third-order valence-corrected chi connectivity index (χ3v) is 3.90. The molecule has 2 atom stereocenters. The first-order valence-corrected chi connectivity index (χ1v) is 7.05. The molecule has 0 bridgehead atoms. The highest BCUT2D eigenvalue weighted by molar-refractivity contribution is 5.23. The quantitative estimate of drug-likeness (QED) is 0.909. The average molecular weight is 268 g/mol. The molecule has 0 aromatic heterocycles. The molecular weight excluding hydrogens is 246 g/mol. The van der Waals surface area contributed by atoms with E-state index in [1.165, 1.54) is 12.1 Å². The minimum Gasteiger partial charge on any atom is -0.330 e. The minimum atomic E-state index is -0.507. The smallest absolute Gasteiger partial charge is 0.126 e. The highest BCUT2D eigenvalue weighted by Gasteiger charge is 2.31. The summed E-state index contributed by atoms with van der Waals surface area (Å²) in [6.07, 6.45) is 3.17. The Morgan fingerprint density at radius 1 is 1.26 bits per heavy atom. The van der Waals surface area contributed by atoms with E-state index in [0.29, 0.717) is 6.54 Å². The molecule has 19 heavy (non-hydrogen) atoms. The molecule has 0 saturated carbocycles. The first-order chi connectivity index (χ1) is 9.15. The van der Waals surface area contributed by atoms with Crippen molar-refractivity contribution < 1.29 is 8.78 Å². The Labute approximate surface area is 113 Å². The Bertz CT molecular complexity index is 400. The number of hydrogen-bond acceptors (Lipinski definition) is 2. The summed E-state index contributed by atoms with van der Waals surface area (Å²) in [5, 5.41) is 0. The number of likely N-dealkylation sites (tertiary alicyclic amines) is 1. The number of hydrogen-bond donors (Lipinski definition) is 1. The molecule has 4 heteroatoms. The van der Waals surface area contributed by atoms with Crippen molar-refractivity contribution in [3.8, 4) is 0 Å². The molecule has 1 heterocycles. The molecule has 0 amide bonds. The van der Waals surface area contributed by atoms with E-state index in [1.807, 2.05) is 0 Å². The van der Waals surface area contributed by atoms with Crippen LogP contribution in [0.2, 0.25) is 0 Å². The molecule has 2 unspecified atom stereocenters. The number of rotatable bonds is 4. The van der Waals surface area contributed by atoms with E-state index in [9.17, 15) is 8.78 Å². The van der Waals surface area contributed by atoms with Gasteiger partial charge in [0.15, 0.2) is 0 Å². The van der Waals surface area contributed by atoms with Crippen molar-refractivity contribution >= 4 is 0 Å². The SMILES string of the molecule is CCCN1CCCC(CN)C1c1cc(F)cc(F)c1. The molecule has 1 aromatic rings. The lowest BCUT2D eigenvalue weighted by Gasteiger charge is -2.41. The fraction of sp³-hybridized carbons (Fsp3) is 0.600.